The molecule has 0 aromatic heterocycles. The van der Waals surface area contributed by atoms with Crippen molar-refractivity contribution in [3.63, 3.8) is 0 Å². The second-order valence-corrected chi connectivity index (χ2v) is 7.12. The number of ether oxygens (including phenoxy) is 2. The topological polar surface area (TPSA) is 103 Å². The van der Waals surface area contributed by atoms with E-state index in [1.165, 1.54) is 6.21 Å². The zero-order valence-electron chi connectivity index (χ0n) is 17.0. The number of hydrazone groups is 1. The van der Waals surface area contributed by atoms with E-state index in [2.05, 4.69) is 26.5 Å². The van der Waals surface area contributed by atoms with Gasteiger partial charge in [0.05, 0.1) is 40.8 Å². The SMILES string of the molecule is CCOc1cc(/C=N\NC(=O)Cc2ccc(C(F)(F)F)cc2[N+](=O)[O-])cc(Br)c1OCC. The van der Waals surface area contributed by atoms with Crippen LogP contribution in [0.4, 0.5) is 18.9 Å². The second kappa shape index (κ2) is 10.9. The van der Waals surface area contributed by atoms with Gasteiger partial charge in [0, 0.05) is 11.6 Å². The van der Waals surface area contributed by atoms with Gasteiger partial charge in [0.1, 0.15) is 0 Å². The number of halogens is 4. The molecule has 0 atom stereocenters. The van der Waals surface area contributed by atoms with Crippen molar-refractivity contribution in [3.8, 4) is 11.5 Å². The molecule has 0 saturated carbocycles. The summed E-state index contributed by atoms with van der Waals surface area (Å²) in [5.41, 5.74) is 0.627. The molecule has 0 radical (unpaired) electrons. The number of carbonyl (C=O) groups excluding carboxylic acids is 1. The van der Waals surface area contributed by atoms with Gasteiger partial charge in [-0.3, -0.25) is 14.9 Å². The summed E-state index contributed by atoms with van der Waals surface area (Å²) in [4.78, 5) is 22.3. The summed E-state index contributed by atoms with van der Waals surface area (Å²) in [5.74, 6) is 0.251. The third-order valence-electron chi connectivity index (χ3n) is 3.98. The number of amides is 1. The number of nitro groups is 1. The Bertz CT molecular complexity index is 1030. The van der Waals surface area contributed by atoms with Gasteiger partial charge in [0.2, 0.25) is 5.91 Å². The van der Waals surface area contributed by atoms with Gasteiger partial charge < -0.3 is 9.47 Å². The molecule has 0 spiro atoms. The van der Waals surface area contributed by atoms with Gasteiger partial charge in [-0.15, -0.1) is 0 Å². The molecule has 2 aromatic carbocycles. The van der Waals surface area contributed by atoms with Crippen LogP contribution in [0.5, 0.6) is 11.5 Å². The summed E-state index contributed by atoms with van der Waals surface area (Å²) in [5, 5.41) is 14.9. The molecule has 32 heavy (non-hydrogen) atoms. The Morgan fingerprint density at radius 2 is 1.91 bits per heavy atom. The lowest BCUT2D eigenvalue weighted by Gasteiger charge is -2.13. The van der Waals surface area contributed by atoms with Crippen molar-refractivity contribution < 1.29 is 32.4 Å². The first-order valence-electron chi connectivity index (χ1n) is 9.32. The Morgan fingerprint density at radius 3 is 2.50 bits per heavy atom. The number of nitrogens with one attached hydrogen (secondary N) is 1. The molecule has 0 aliphatic rings. The lowest BCUT2D eigenvalue weighted by atomic mass is 10.1. The number of rotatable bonds is 9. The zero-order valence-corrected chi connectivity index (χ0v) is 18.6. The van der Waals surface area contributed by atoms with Crippen LogP contribution in [0, 0.1) is 10.1 Å². The highest BCUT2D eigenvalue weighted by molar-refractivity contribution is 9.10. The fourth-order valence-electron chi connectivity index (χ4n) is 2.66. The van der Waals surface area contributed by atoms with Crippen LogP contribution in [-0.2, 0) is 17.4 Å². The number of nitro benzene ring substituents is 1. The molecule has 12 heteroatoms. The average molecular weight is 518 g/mol. The van der Waals surface area contributed by atoms with Crippen molar-refractivity contribution in [2.45, 2.75) is 26.4 Å². The largest absolute Gasteiger partial charge is 0.490 e. The van der Waals surface area contributed by atoms with E-state index in [1.54, 1.807) is 12.1 Å². The fourth-order valence-corrected chi connectivity index (χ4v) is 3.23. The summed E-state index contributed by atoms with van der Waals surface area (Å²) in [7, 11) is 0. The number of nitrogens with zero attached hydrogens (tertiary/aromatic N) is 2. The van der Waals surface area contributed by atoms with Crippen molar-refractivity contribution in [1.82, 2.24) is 5.43 Å². The van der Waals surface area contributed by atoms with Gasteiger partial charge >= 0.3 is 6.18 Å². The first-order valence-corrected chi connectivity index (χ1v) is 10.1. The van der Waals surface area contributed by atoms with E-state index in [0.29, 0.717) is 46.9 Å². The fraction of sp³-hybridized carbons (Fsp3) is 0.300. The van der Waals surface area contributed by atoms with Crippen LogP contribution in [0.1, 0.15) is 30.5 Å². The highest BCUT2D eigenvalue weighted by Gasteiger charge is 2.33. The number of hydrogen-bond acceptors (Lipinski definition) is 6. The lowest BCUT2D eigenvalue weighted by molar-refractivity contribution is -0.385. The number of hydrogen-bond donors (Lipinski definition) is 1. The first kappa shape index (κ1) is 25.1. The molecule has 0 aliphatic carbocycles. The standard InChI is InChI=1S/C20H19BrF3N3O5/c1-3-31-17-8-12(7-15(21)19(17)32-4-2)11-25-26-18(28)9-13-5-6-14(20(22,23)24)10-16(13)27(29)30/h5-8,10-11H,3-4,9H2,1-2H3,(H,26,28)/b25-11-. The number of carbonyl (C=O) groups is 1. The molecule has 0 bridgehead atoms. The summed E-state index contributed by atoms with van der Waals surface area (Å²) in [6, 6.07) is 5.33. The van der Waals surface area contributed by atoms with E-state index in [-0.39, 0.29) is 5.56 Å². The minimum atomic E-state index is -4.73. The minimum Gasteiger partial charge on any atom is -0.490 e. The maximum atomic E-state index is 12.8. The molecule has 0 saturated heterocycles. The normalized spacial score (nSPS) is 11.4. The molecule has 2 aromatic rings. The van der Waals surface area contributed by atoms with E-state index in [1.807, 2.05) is 13.8 Å². The van der Waals surface area contributed by atoms with Crippen molar-refractivity contribution in [1.29, 1.82) is 0 Å². The number of alkyl halides is 3. The maximum Gasteiger partial charge on any atom is 0.416 e. The van der Waals surface area contributed by atoms with Crippen LogP contribution in [0.25, 0.3) is 0 Å². The highest BCUT2D eigenvalue weighted by atomic mass is 79.9. The zero-order chi connectivity index (χ0) is 23.9. The molecular formula is C20H19BrF3N3O5. The Balaban J connectivity index is 2.14. The smallest absolute Gasteiger partial charge is 0.416 e. The quantitative estimate of drug-likeness (QED) is 0.290. The second-order valence-electron chi connectivity index (χ2n) is 6.26. The molecular weight excluding hydrogens is 499 g/mol. The third kappa shape index (κ3) is 6.67. The van der Waals surface area contributed by atoms with E-state index >= 15 is 0 Å². The van der Waals surface area contributed by atoms with E-state index in [9.17, 15) is 28.1 Å². The average Bonchev–Trinajstić information content (AvgIpc) is 2.70. The van der Waals surface area contributed by atoms with Crippen LogP contribution in [-0.4, -0.2) is 30.3 Å². The van der Waals surface area contributed by atoms with Crippen molar-refractivity contribution in [2.75, 3.05) is 13.2 Å². The summed E-state index contributed by atoms with van der Waals surface area (Å²) in [6.45, 7) is 4.47. The van der Waals surface area contributed by atoms with E-state index in [4.69, 9.17) is 9.47 Å². The molecule has 1 amide bonds. The van der Waals surface area contributed by atoms with E-state index in [0.717, 1.165) is 6.07 Å². The Hall–Kier alpha value is -3.15. The van der Waals surface area contributed by atoms with Crippen LogP contribution in [0.15, 0.2) is 39.9 Å². The van der Waals surface area contributed by atoms with Gasteiger partial charge in [-0.1, -0.05) is 6.07 Å². The predicted octanol–water partition coefficient (Wildman–Crippen LogP) is 4.87. The van der Waals surface area contributed by atoms with Gasteiger partial charge in [-0.2, -0.15) is 18.3 Å². The molecule has 0 unspecified atom stereocenters. The molecule has 0 fully saturated rings. The Labute approximate surface area is 189 Å². The lowest BCUT2D eigenvalue weighted by Crippen LogP contribution is -2.20. The van der Waals surface area contributed by atoms with E-state index < -0.39 is 34.7 Å². The molecule has 1 N–H and O–H groups in total. The molecule has 172 valence electrons. The Kier molecular flexibility index (Phi) is 8.58. The first-order chi connectivity index (χ1) is 15.1. The van der Waals surface area contributed by atoms with Crippen molar-refractivity contribution >= 4 is 33.7 Å². The highest BCUT2D eigenvalue weighted by Crippen LogP contribution is 2.36. The predicted molar refractivity (Wildman–Crippen MR) is 114 cm³/mol. The van der Waals surface area contributed by atoms with Crippen LogP contribution < -0.4 is 14.9 Å². The van der Waals surface area contributed by atoms with Crippen LogP contribution in [0.3, 0.4) is 0 Å². The van der Waals surface area contributed by atoms with Crippen LogP contribution >= 0.6 is 15.9 Å². The molecule has 0 aliphatic heterocycles. The van der Waals surface area contributed by atoms with Crippen molar-refractivity contribution in [2.24, 2.45) is 5.10 Å². The minimum absolute atomic E-state index is 0.168. The van der Waals surface area contributed by atoms with Gasteiger partial charge in [0.25, 0.3) is 5.69 Å². The Morgan fingerprint density at radius 1 is 1.22 bits per heavy atom. The van der Waals surface area contributed by atoms with Gasteiger partial charge in [-0.25, -0.2) is 5.43 Å². The number of benzene rings is 2. The summed E-state index contributed by atoms with van der Waals surface area (Å²) < 4.78 is 50.0. The summed E-state index contributed by atoms with van der Waals surface area (Å²) in [6.07, 6.45) is -3.94. The summed E-state index contributed by atoms with van der Waals surface area (Å²) >= 11 is 3.38. The molecule has 0 heterocycles. The molecule has 8 nitrogen and oxygen atoms in total. The molecule has 2 rings (SSSR count). The monoisotopic (exact) mass is 517 g/mol. The third-order valence-corrected chi connectivity index (χ3v) is 4.57. The van der Waals surface area contributed by atoms with Gasteiger partial charge in [0.15, 0.2) is 11.5 Å². The maximum absolute atomic E-state index is 12.8. The van der Waals surface area contributed by atoms with Gasteiger partial charge in [-0.05, 0) is 53.5 Å². The van der Waals surface area contributed by atoms with Crippen LogP contribution in [0.2, 0.25) is 0 Å². The van der Waals surface area contributed by atoms with Crippen molar-refractivity contribution in [3.05, 3.63) is 61.6 Å².